The van der Waals surface area contributed by atoms with E-state index in [1.54, 1.807) is 13.0 Å². The monoisotopic (exact) mass is 586 g/mol. The lowest BCUT2D eigenvalue weighted by atomic mass is 9.87. The smallest absolute Gasteiger partial charge is 0.416 e. The molecule has 0 saturated carbocycles. The van der Waals surface area contributed by atoms with Gasteiger partial charge in [0.05, 0.1) is 5.56 Å². The number of aromatic nitrogens is 2. The number of benzene rings is 1. The summed E-state index contributed by atoms with van der Waals surface area (Å²) in [5.41, 5.74) is 0.749. The van der Waals surface area contributed by atoms with E-state index >= 15 is 0 Å². The Hall–Kier alpha value is -3.77. The van der Waals surface area contributed by atoms with Crippen molar-refractivity contribution in [2.24, 2.45) is 5.92 Å². The Balaban J connectivity index is 1.49. The number of hydrogen-bond donors (Lipinski definition) is 2. The second-order valence-corrected chi connectivity index (χ2v) is 10.6. The number of likely N-dealkylation sites (N-methyl/N-ethyl adjacent to an activating group) is 1. The maximum absolute atomic E-state index is 14.1. The van der Waals surface area contributed by atoms with Crippen LogP contribution in [0.3, 0.4) is 0 Å². The molecule has 1 aromatic heterocycles. The molecule has 0 bridgehead atoms. The molecule has 0 spiro atoms. The summed E-state index contributed by atoms with van der Waals surface area (Å²) in [5.74, 6) is -0.0473. The van der Waals surface area contributed by atoms with Gasteiger partial charge in [0.25, 0.3) is 5.91 Å². The fourth-order valence-corrected chi connectivity index (χ4v) is 5.05. The number of piperazine rings is 1. The Morgan fingerprint density at radius 2 is 1.76 bits per heavy atom. The number of carbonyl (C=O) groups is 2. The lowest BCUT2D eigenvalue weighted by Gasteiger charge is -2.34. The van der Waals surface area contributed by atoms with Gasteiger partial charge in [-0.05, 0) is 55.2 Å². The average molecular weight is 587 g/mol. The van der Waals surface area contributed by atoms with Crippen molar-refractivity contribution in [1.82, 2.24) is 19.8 Å². The van der Waals surface area contributed by atoms with Gasteiger partial charge in [0.1, 0.15) is 17.9 Å². The minimum atomic E-state index is -4.56. The van der Waals surface area contributed by atoms with Crippen LogP contribution in [0.15, 0.2) is 53.6 Å². The number of allylic oxidation sites excluding steroid dienone is 2. The standard InChI is InChI=1S/C30H37F3N6O3/c1-5-27(40)37-26-16-28(35-18-34-26)42-25-15-23(19(3)13-20(25)4)29(41)36-22-8-7-21(24(14-22)30(31,32)33)17-39-11-9-38(6-2)10-12-39/h7-8,14-16,18-19H,5-6,9-13,17H2,1-4H3,(H,36,41)(H,34,35,37,40). The molecule has 9 nitrogen and oxygen atoms in total. The van der Waals surface area contributed by atoms with E-state index in [0.29, 0.717) is 30.8 Å². The number of amides is 2. The quantitative estimate of drug-likeness (QED) is 0.415. The SMILES string of the molecule is CCC(=O)Nc1cc(OC2=C(C)CC(C)C(C(=O)Nc3ccc(CN4CCN(CC)CC4)c(C(F)(F)F)c3)=C2)ncn1. The maximum Gasteiger partial charge on any atom is 0.416 e. The van der Waals surface area contributed by atoms with Crippen LogP contribution in [0, 0.1) is 5.92 Å². The molecule has 2 aliphatic rings. The van der Waals surface area contributed by atoms with Gasteiger partial charge in [0.15, 0.2) is 0 Å². The predicted molar refractivity (Wildman–Crippen MR) is 154 cm³/mol. The molecule has 1 aromatic carbocycles. The van der Waals surface area contributed by atoms with Gasteiger partial charge in [-0.15, -0.1) is 0 Å². The Kier molecular flexibility index (Phi) is 10.00. The first-order valence-electron chi connectivity index (χ1n) is 14.1. The van der Waals surface area contributed by atoms with Gasteiger partial charge in [-0.3, -0.25) is 14.5 Å². The highest BCUT2D eigenvalue weighted by molar-refractivity contribution is 6.04. The van der Waals surface area contributed by atoms with Crippen LogP contribution in [0.5, 0.6) is 5.88 Å². The van der Waals surface area contributed by atoms with Crippen LogP contribution < -0.4 is 15.4 Å². The molecular formula is C30H37F3N6O3. The predicted octanol–water partition coefficient (Wildman–Crippen LogP) is 5.24. The van der Waals surface area contributed by atoms with E-state index in [4.69, 9.17) is 4.74 Å². The number of hydrogen-bond acceptors (Lipinski definition) is 7. The molecule has 2 N–H and O–H groups in total. The number of nitrogens with zero attached hydrogens (tertiary/aromatic N) is 4. The van der Waals surface area contributed by atoms with Gasteiger partial charge in [-0.2, -0.15) is 13.2 Å². The summed E-state index contributed by atoms with van der Waals surface area (Å²) in [6, 6.07) is 5.45. The van der Waals surface area contributed by atoms with Crippen LogP contribution in [-0.2, 0) is 22.3 Å². The molecule has 1 saturated heterocycles. The Labute approximate surface area is 243 Å². The first-order valence-corrected chi connectivity index (χ1v) is 14.1. The van der Waals surface area contributed by atoms with Crippen LogP contribution >= 0.6 is 0 Å². The molecule has 4 rings (SSSR count). The van der Waals surface area contributed by atoms with Crippen LogP contribution in [0.2, 0.25) is 0 Å². The maximum atomic E-state index is 14.1. The molecule has 1 fully saturated rings. The van der Waals surface area contributed by atoms with E-state index < -0.39 is 17.6 Å². The third-order valence-corrected chi connectivity index (χ3v) is 7.54. The van der Waals surface area contributed by atoms with Crippen molar-refractivity contribution in [3.05, 3.63) is 64.7 Å². The van der Waals surface area contributed by atoms with E-state index in [9.17, 15) is 22.8 Å². The average Bonchev–Trinajstić information content (AvgIpc) is 2.95. The van der Waals surface area contributed by atoms with Crippen LogP contribution in [0.4, 0.5) is 24.7 Å². The third kappa shape index (κ3) is 7.95. The number of ether oxygens (including phenoxy) is 1. The van der Waals surface area contributed by atoms with E-state index in [-0.39, 0.29) is 47.7 Å². The largest absolute Gasteiger partial charge is 0.439 e. The van der Waals surface area contributed by atoms with Crippen molar-refractivity contribution in [3.8, 4) is 5.88 Å². The fourth-order valence-electron chi connectivity index (χ4n) is 5.05. The molecule has 42 heavy (non-hydrogen) atoms. The number of nitrogens with one attached hydrogen (secondary N) is 2. The van der Waals surface area contributed by atoms with Gasteiger partial charge in [0, 0.05) is 56.5 Å². The zero-order chi connectivity index (χ0) is 30.4. The molecule has 1 aliphatic carbocycles. The summed E-state index contributed by atoms with van der Waals surface area (Å²) in [6.45, 7) is 11.7. The number of halogens is 3. The zero-order valence-corrected chi connectivity index (χ0v) is 24.3. The van der Waals surface area contributed by atoms with Crippen molar-refractivity contribution in [1.29, 1.82) is 0 Å². The Morgan fingerprint density at radius 3 is 2.43 bits per heavy atom. The summed E-state index contributed by atoms with van der Waals surface area (Å²) in [6.07, 6.45) is -0.927. The third-order valence-electron chi connectivity index (χ3n) is 7.54. The second kappa shape index (κ2) is 13.5. The highest BCUT2D eigenvalue weighted by Gasteiger charge is 2.34. The normalized spacial score (nSPS) is 18.5. The minimum absolute atomic E-state index is 0.0702. The summed E-state index contributed by atoms with van der Waals surface area (Å²) in [5, 5.41) is 5.29. The molecule has 226 valence electrons. The van der Waals surface area contributed by atoms with Crippen molar-refractivity contribution in [2.45, 2.75) is 53.3 Å². The summed E-state index contributed by atoms with van der Waals surface area (Å²) < 4.78 is 48.1. The van der Waals surface area contributed by atoms with E-state index in [2.05, 4.69) is 32.4 Å². The van der Waals surface area contributed by atoms with Crippen molar-refractivity contribution < 1.29 is 27.5 Å². The summed E-state index contributed by atoms with van der Waals surface area (Å²) >= 11 is 0. The molecule has 2 amide bonds. The molecule has 1 aliphatic heterocycles. The van der Waals surface area contributed by atoms with Crippen LogP contribution in [-0.4, -0.2) is 64.3 Å². The first kappa shape index (κ1) is 31.2. The van der Waals surface area contributed by atoms with Gasteiger partial charge in [-0.1, -0.05) is 26.8 Å². The van der Waals surface area contributed by atoms with Crippen molar-refractivity contribution >= 4 is 23.3 Å². The van der Waals surface area contributed by atoms with Crippen LogP contribution in [0.25, 0.3) is 0 Å². The van der Waals surface area contributed by atoms with E-state index in [1.807, 2.05) is 18.7 Å². The minimum Gasteiger partial charge on any atom is -0.439 e. The van der Waals surface area contributed by atoms with Gasteiger partial charge in [-0.25, -0.2) is 9.97 Å². The van der Waals surface area contributed by atoms with Gasteiger partial charge >= 0.3 is 6.18 Å². The van der Waals surface area contributed by atoms with E-state index in [1.165, 1.54) is 24.5 Å². The van der Waals surface area contributed by atoms with Crippen molar-refractivity contribution in [3.63, 3.8) is 0 Å². The van der Waals surface area contributed by atoms with Gasteiger partial charge < -0.3 is 20.3 Å². The first-order chi connectivity index (χ1) is 20.0. The molecule has 1 unspecified atom stereocenters. The molecule has 2 heterocycles. The molecule has 12 heteroatoms. The van der Waals surface area contributed by atoms with Gasteiger partial charge in [0.2, 0.25) is 11.8 Å². The summed E-state index contributed by atoms with van der Waals surface area (Å²) in [7, 11) is 0. The molecular weight excluding hydrogens is 549 g/mol. The number of rotatable bonds is 9. The van der Waals surface area contributed by atoms with Crippen molar-refractivity contribution in [2.75, 3.05) is 43.4 Å². The van der Waals surface area contributed by atoms with Crippen LogP contribution in [0.1, 0.15) is 51.7 Å². The number of carbonyl (C=O) groups excluding carboxylic acids is 2. The lowest BCUT2D eigenvalue weighted by molar-refractivity contribution is -0.138. The lowest BCUT2D eigenvalue weighted by Crippen LogP contribution is -2.45. The Bertz CT molecular complexity index is 1370. The Morgan fingerprint density at radius 1 is 1.05 bits per heavy atom. The zero-order valence-electron chi connectivity index (χ0n) is 24.3. The highest BCUT2D eigenvalue weighted by Crippen LogP contribution is 2.36. The molecule has 0 radical (unpaired) electrons. The number of alkyl halides is 3. The fraction of sp³-hybridized carbons (Fsp3) is 0.467. The van der Waals surface area contributed by atoms with E-state index in [0.717, 1.165) is 31.3 Å². The number of anilines is 2. The summed E-state index contributed by atoms with van der Waals surface area (Å²) in [4.78, 5) is 37.4. The highest BCUT2D eigenvalue weighted by atomic mass is 19.4. The second-order valence-electron chi connectivity index (χ2n) is 10.6. The molecule has 1 atom stereocenters. The molecule has 2 aromatic rings. The topological polar surface area (TPSA) is 99.7 Å².